The number of thiol groups is 1. The zero-order valence-electron chi connectivity index (χ0n) is 9.32. The summed E-state index contributed by atoms with van der Waals surface area (Å²) in [6.45, 7) is 0.758. The number of carbonyl (C=O) groups is 1. The molecule has 0 atom stereocenters. The van der Waals surface area contributed by atoms with Gasteiger partial charge in [0.1, 0.15) is 0 Å². The molecule has 0 radical (unpaired) electrons. The third-order valence-electron chi connectivity index (χ3n) is 2.40. The third-order valence-corrected chi connectivity index (χ3v) is 3.15. The van der Waals surface area contributed by atoms with Crippen molar-refractivity contribution in [2.24, 2.45) is 0 Å². The van der Waals surface area contributed by atoms with Gasteiger partial charge < -0.3 is 4.90 Å². The minimum absolute atomic E-state index is 0.159. The van der Waals surface area contributed by atoms with Crippen LogP contribution in [0.25, 0.3) is 0 Å². The lowest BCUT2D eigenvalue weighted by molar-refractivity contribution is -0.129. The van der Waals surface area contributed by atoms with E-state index < -0.39 is 0 Å². The van der Waals surface area contributed by atoms with Gasteiger partial charge in [-0.05, 0) is 29.9 Å². The number of halogens is 1. The molecule has 1 aromatic rings. The van der Waals surface area contributed by atoms with E-state index in [9.17, 15) is 4.79 Å². The number of amides is 1. The molecule has 0 aliphatic carbocycles. The number of hydrogen-bond acceptors (Lipinski definition) is 2. The van der Waals surface area contributed by atoms with Gasteiger partial charge in [-0.2, -0.15) is 12.6 Å². The van der Waals surface area contributed by atoms with Crippen molar-refractivity contribution in [1.29, 1.82) is 0 Å². The van der Waals surface area contributed by atoms with Crippen LogP contribution in [0.15, 0.2) is 28.7 Å². The molecule has 0 bridgehead atoms. The van der Waals surface area contributed by atoms with E-state index in [0.29, 0.717) is 12.2 Å². The highest BCUT2D eigenvalue weighted by molar-refractivity contribution is 9.10. The second-order valence-electron chi connectivity index (χ2n) is 3.67. The Bertz CT molecular complexity index is 339. The quantitative estimate of drug-likeness (QED) is 0.829. The van der Waals surface area contributed by atoms with Crippen LogP contribution in [0.1, 0.15) is 12.0 Å². The van der Waals surface area contributed by atoms with Gasteiger partial charge in [0, 0.05) is 24.5 Å². The summed E-state index contributed by atoms with van der Waals surface area (Å²) in [6, 6.07) is 8.18. The maximum Gasteiger partial charge on any atom is 0.223 e. The van der Waals surface area contributed by atoms with Gasteiger partial charge in [-0.25, -0.2) is 0 Å². The summed E-state index contributed by atoms with van der Waals surface area (Å²) in [6.07, 6.45) is 1.40. The molecular weight excluding hydrogens is 286 g/mol. The smallest absolute Gasteiger partial charge is 0.223 e. The molecule has 16 heavy (non-hydrogen) atoms. The Kier molecular flexibility index (Phi) is 5.91. The van der Waals surface area contributed by atoms with Gasteiger partial charge >= 0.3 is 0 Å². The SMILES string of the molecule is CN(CCc1ccc(Br)cc1)C(=O)CCS. The van der Waals surface area contributed by atoms with Crippen LogP contribution < -0.4 is 0 Å². The predicted molar refractivity (Wildman–Crippen MR) is 74.0 cm³/mol. The van der Waals surface area contributed by atoms with Crippen molar-refractivity contribution in [1.82, 2.24) is 4.90 Å². The Morgan fingerprint density at radius 2 is 2.00 bits per heavy atom. The maximum atomic E-state index is 11.5. The summed E-state index contributed by atoms with van der Waals surface area (Å²) < 4.78 is 1.08. The first-order valence-electron chi connectivity index (χ1n) is 5.22. The normalized spacial score (nSPS) is 10.2. The van der Waals surface area contributed by atoms with Gasteiger partial charge in [0.2, 0.25) is 5.91 Å². The van der Waals surface area contributed by atoms with Gasteiger partial charge in [-0.3, -0.25) is 4.79 Å². The van der Waals surface area contributed by atoms with Gasteiger partial charge in [-0.1, -0.05) is 28.1 Å². The fourth-order valence-corrected chi connectivity index (χ4v) is 1.81. The molecule has 0 aromatic heterocycles. The number of hydrogen-bond donors (Lipinski definition) is 1. The minimum Gasteiger partial charge on any atom is -0.345 e. The minimum atomic E-state index is 0.159. The van der Waals surface area contributed by atoms with Crippen LogP contribution in [0.3, 0.4) is 0 Å². The number of likely N-dealkylation sites (N-methyl/N-ethyl adjacent to an activating group) is 1. The lowest BCUT2D eigenvalue weighted by atomic mass is 10.1. The van der Waals surface area contributed by atoms with Crippen LogP contribution in [0.2, 0.25) is 0 Å². The summed E-state index contributed by atoms with van der Waals surface area (Å²) in [5.74, 6) is 0.772. The molecule has 0 aliphatic rings. The van der Waals surface area contributed by atoms with E-state index in [0.717, 1.165) is 17.4 Å². The van der Waals surface area contributed by atoms with Crippen molar-refractivity contribution in [3.8, 4) is 0 Å². The van der Waals surface area contributed by atoms with Crippen LogP contribution >= 0.6 is 28.6 Å². The molecule has 2 nitrogen and oxygen atoms in total. The molecule has 0 spiro atoms. The van der Waals surface area contributed by atoms with Crippen molar-refractivity contribution >= 4 is 34.5 Å². The zero-order chi connectivity index (χ0) is 12.0. The summed E-state index contributed by atoms with van der Waals surface area (Å²) in [7, 11) is 1.84. The van der Waals surface area contributed by atoms with Crippen LogP contribution in [0, 0.1) is 0 Å². The Hall–Kier alpha value is -0.480. The van der Waals surface area contributed by atoms with E-state index in [4.69, 9.17) is 0 Å². The Balaban J connectivity index is 2.39. The highest BCUT2D eigenvalue weighted by Crippen LogP contribution is 2.11. The van der Waals surface area contributed by atoms with E-state index in [1.807, 2.05) is 19.2 Å². The molecular formula is C12H16BrNOS. The standard InChI is InChI=1S/C12H16BrNOS/c1-14(12(15)7-9-16)8-6-10-2-4-11(13)5-3-10/h2-5,16H,6-9H2,1H3. The lowest BCUT2D eigenvalue weighted by Crippen LogP contribution is -2.28. The summed E-state index contributed by atoms with van der Waals surface area (Å²) >= 11 is 7.45. The molecule has 0 fully saturated rings. The van der Waals surface area contributed by atoms with Gasteiger partial charge in [0.05, 0.1) is 0 Å². The average molecular weight is 302 g/mol. The monoisotopic (exact) mass is 301 g/mol. The van der Waals surface area contributed by atoms with Gasteiger partial charge in [0.15, 0.2) is 0 Å². The largest absolute Gasteiger partial charge is 0.345 e. The van der Waals surface area contributed by atoms with Gasteiger partial charge in [0.25, 0.3) is 0 Å². The summed E-state index contributed by atoms with van der Waals surface area (Å²) in [4.78, 5) is 13.3. The highest BCUT2D eigenvalue weighted by atomic mass is 79.9. The number of benzene rings is 1. The molecule has 88 valence electrons. The van der Waals surface area contributed by atoms with E-state index in [-0.39, 0.29) is 5.91 Å². The number of carbonyl (C=O) groups excluding carboxylic acids is 1. The Morgan fingerprint density at radius 3 is 2.56 bits per heavy atom. The molecule has 0 saturated heterocycles. The number of rotatable bonds is 5. The summed E-state index contributed by atoms with van der Waals surface area (Å²) in [5, 5.41) is 0. The molecule has 1 rings (SSSR count). The first-order valence-corrected chi connectivity index (χ1v) is 6.65. The fourth-order valence-electron chi connectivity index (χ4n) is 1.36. The predicted octanol–water partition coefficient (Wildman–Crippen LogP) is 2.77. The molecule has 0 aliphatic heterocycles. The van der Waals surface area contributed by atoms with E-state index in [1.165, 1.54) is 5.56 Å². The van der Waals surface area contributed by atoms with E-state index in [1.54, 1.807) is 4.90 Å². The first-order chi connectivity index (χ1) is 7.63. The molecule has 0 N–H and O–H groups in total. The first kappa shape index (κ1) is 13.6. The van der Waals surface area contributed by atoms with Crippen LogP contribution in [0.5, 0.6) is 0 Å². The van der Waals surface area contributed by atoms with Crippen molar-refractivity contribution < 1.29 is 4.79 Å². The molecule has 1 amide bonds. The Labute approximate surface area is 111 Å². The molecule has 1 aromatic carbocycles. The lowest BCUT2D eigenvalue weighted by Gasteiger charge is -2.16. The van der Waals surface area contributed by atoms with Crippen molar-refractivity contribution in [2.75, 3.05) is 19.3 Å². The van der Waals surface area contributed by atoms with Crippen LogP contribution in [0.4, 0.5) is 0 Å². The maximum absolute atomic E-state index is 11.5. The van der Waals surface area contributed by atoms with E-state index in [2.05, 4.69) is 40.7 Å². The Morgan fingerprint density at radius 1 is 1.38 bits per heavy atom. The molecule has 0 unspecified atom stereocenters. The second-order valence-corrected chi connectivity index (χ2v) is 5.03. The highest BCUT2D eigenvalue weighted by Gasteiger charge is 2.06. The van der Waals surface area contributed by atoms with Crippen molar-refractivity contribution in [2.45, 2.75) is 12.8 Å². The van der Waals surface area contributed by atoms with Gasteiger partial charge in [-0.15, -0.1) is 0 Å². The van der Waals surface area contributed by atoms with Crippen LogP contribution in [-0.2, 0) is 11.2 Å². The second kappa shape index (κ2) is 6.97. The van der Waals surface area contributed by atoms with Crippen molar-refractivity contribution in [3.05, 3.63) is 34.3 Å². The topological polar surface area (TPSA) is 20.3 Å². The summed E-state index contributed by atoms with van der Waals surface area (Å²) in [5.41, 5.74) is 1.24. The van der Waals surface area contributed by atoms with Crippen LogP contribution in [-0.4, -0.2) is 30.2 Å². The van der Waals surface area contributed by atoms with Crippen molar-refractivity contribution in [3.63, 3.8) is 0 Å². The molecule has 0 saturated carbocycles. The fraction of sp³-hybridized carbons (Fsp3) is 0.417. The number of nitrogens with zero attached hydrogens (tertiary/aromatic N) is 1. The average Bonchev–Trinajstić information content (AvgIpc) is 2.28. The zero-order valence-corrected chi connectivity index (χ0v) is 11.8. The molecule has 4 heteroatoms. The third kappa shape index (κ3) is 4.58. The van der Waals surface area contributed by atoms with E-state index >= 15 is 0 Å². The molecule has 0 heterocycles.